The second-order valence-corrected chi connectivity index (χ2v) is 5.11. The fourth-order valence-electron chi connectivity index (χ4n) is 1.63. The summed E-state index contributed by atoms with van der Waals surface area (Å²) in [6.07, 6.45) is 1.87. The van der Waals surface area contributed by atoms with E-state index in [1.54, 1.807) is 0 Å². The molecule has 1 heterocycles. The topological polar surface area (TPSA) is 29.5 Å². The van der Waals surface area contributed by atoms with Crippen molar-refractivity contribution in [3.05, 3.63) is 0 Å². The predicted octanol–water partition coefficient (Wildman–Crippen LogP) is 2.70. The van der Waals surface area contributed by atoms with Crippen molar-refractivity contribution in [1.29, 1.82) is 0 Å². The maximum Gasteiger partial charge on any atom is 0.309 e. The summed E-state index contributed by atoms with van der Waals surface area (Å²) in [5.41, 5.74) is -0.347. The molecule has 3 heteroatoms. The Bertz CT molecular complexity index is 200. The second kappa shape index (κ2) is 6.89. The summed E-state index contributed by atoms with van der Waals surface area (Å²) in [5, 5.41) is 0. The largest absolute Gasteiger partial charge is 0.460 e. The summed E-state index contributed by atoms with van der Waals surface area (Å²) in [6, 6.07) is 0. The van der Waals surface area contributed by atoms with Crippen molar-refractivity contribution in [3.63, 3.8) is 0 Å². The number of rotatable bonds is 1. The Labute approximate surface area is 100 Å². The van der Waals surface area contributed by atoms with Crippen molar-refractivity contribution in [2.75, 3.05) is 20.1 Å². The van der Waals surface area contributed by atoms with E-state index in [9.17, 15) is 4.79 Å². The van der Waals surface area contributed by atoms with E-state index in [-0.39, 0.29) is 17.5 Å². The number of esters is 1. The molecule has 1 rings (SSSR count). The standard InChI is InChI=1S/C11H21NO2.C2H6/c1-11(2,3)14-10(13)9-5-7-12(4)8-6-9;1-2/h9H,5-8H2,1-4H3;1-2H3. The van der Waals surface area contributed by atoms with E-state index < -0.39 is 0 Å². The van der Waals surface area contributed by atoms with E-state index in [2.05, 4.69) is 11.9 Å². The highest BCUT2D eigenvalue weighted by atomic mass is 16.6. The summed E-state index contributed by atoms with van der Waals surface area (Å²) >= 11 is 0. The number of piperidine rings is 1. The average Bonchev–Trinajstić information content (AvgIpc) is 2.19. The van der Waals surface area contributed by atoms with Crippen LogP contribution in [0.25, 0.3) is 0 Å². The zero-order chi connectivity index (χ0) is 12.8. The molecule has 1 saturated heterocycles. The first-order valence-electron chi connectivity index (χ1n) is 6.30. The Morgan fingerprint density at radius 2 is 1.62 bits per heavy atom. The Morgan fingerprint density at radius 3 is 2.00 bits per heavy atom. The van der Waals surface area contributed by atoms with Crippen LogP contribution in [0.4, 0.5) is 0 Å². The van der Waals surface area contributed by atoms with Gasteiger partial charge in [-0.3, -0.25) is 4.79 Å². The first-order chi connectivity index (χ1) is 7.38. The van der Waals surface area contributed by atoms with Crippen molar-refractivity contribution in [2.45, 2.75) is 53.1 Å². The van der Waals surface area contributed by atoms with Gasteiger partial charge in [0, 0.05) is 0 Å². The minimum atomic E-state index is -0.347. The molecule has 16 heavy (non-hydrogen) atoms. The van der Waals surface area contributed by atoms with Crippen molar-refractivity contribution in [2.24, 2.45) is 5.92 Å². The summed E-state index contributed by atoms with van der Waals surface area (Å²) in [6.45, 7) is 11.8. The molecule has 0 aliphatic carbocycles. The van der Waals surface area contributed by atoms with Gasteiger partial charge in [0.05, 0.1) is 5.92 Å². The van der Waals surface area contributed by atoms with E-state index in [0.717, 1.165) is 25.9 Å². The van der Waals surface area contributed by atoms with Gasteiger partial charge in [-0.1, -0.05) is 13.8 Å². The average molecular weight is 229 g/mol. The van der Waals surface area contributed by atoms with Crippen LogP contribution in [-0.2, 0) is 9.53 Å². The molecule has 0 aromatic rings. The summed E-state index contributed by atoms with van der Waals surface area (Å²) in [7, 11) is 2.09. The maximum absolute atomic E-state index is 11.7. The molecule has 3 nitrogen and oxygen atoms in total. The van der Waals surface area contributed by atoms with Gasteiger partial charge in [0.15, 0.2) is 0 Å². The Balaban J connectivity index is 0.00000106. The van der Waals surface area contributed by atoms with Gasteiger partial charge in [0.25, 0.3) is 0 Å². The zero-order valence-corrected chi connectivity index (χ0v) is 11.7. The molecule has 0 amide bonds. The third-order valence-corrected chi connectivity index (χ3v) is 2.46. The first-order valence-corrected chi connectivity index (χ1v) is 6.30. The van der Waals surface area contributed by atoms with E-state index in [1.165, 1.54) is 0 Å². The molecule has 0 bridgehead atoms. The molecule has 0 radical (unpaired) electrons. The minimum absolute atomic E-state index is 0.0226. The van der Waals surface area contributed by atoms with E-state index in [1.807, 2.05) is 34.6 Å². The van der Waals surface area contributed by atoms with Gasteiger partial charge in [-0.15, -0.1) is 0 Å². The van der Waals surface area contributed by atoms with Crippen LogP contribution in [0.3, 0.4) is 0 Å². The van der Waals surface area contributed by atoms with Crippen LogP contribution in [0, 0.1) is 5.92 Å². The molecule has 96 valence electrons. The van der Waals surface area contributed by atoms with Crippen LogP contribution in [0.15, 0.2) is 0 Å². The highest BCUT2D eigenvalue weighted by molar-refractivity contribution is 5.73. The number of carbonyl (C=O) groups is 1. The molecule has 0 N–H and O–H groups in total. The van der Waals surface area contributed by atoms with Crippen LogP contribution in [-0.4, -0.2) is 36.6 Å². The normalized spacial score (nSPS) is 18.6. The van der Waals surface area contributed by atoms with Gasteiger partial charge in [0.1, 0.15) is 5.60 Å². The summed E-state index contributed by atoms with van der Waals surface area (Å²) in [4.78, 5) is 13.9. The number of likely N-dealkylation sites (tertiary alicyclic amines) is 1. The van der Waals surface area contributed by atoms with E-state index in [4.69, 9.17) is 4.74 Å². The van der Waals surface area contributed by atoms with Crippen LogP contribution in [0.1, 0.15) is 47.5 Å². The molecule has 0 unspecified atom stereocenters. The quantitative estimate of drug-likeness (QED) is 0.647. The Hall–Kier alpha value is -0.570. The van der Waals surface area contributed by atoms with Gasteiger partial charge in [-0.25, -0.2) is 0 Å². The SMILES string of the molecule is CC.CN1CCC(C(=O)OC(C)(C)C)CC1. The highest BCUT2D eigenvalue weighted by Gasteiger charge is 2.27. The lowest BCUT2D eigenvalue weighted by Crippen LogP contribution is -2.36. The first kappa shape index (κ1) is 15.4. The van der Waals surface area contributed by atoms with Crippen molar-refractivity contribution >= 4 is 5.97 Å². The van der Waals surface area contributed by atoms with Gasteiger partial charge >= 0.3 is 5.97 Å². The fraction of sp³-hybridized carbons (Fsp3) is 0.923. The van der Waals surface area contributed by atoms with Crippen LogP contribution in [0.2, 0.25) is 0 Å². The van der Waals surface area contributed by atoms with Gasteiger partial charge in [0.2, 0.25) is 0 Å². The molecule has 1 aliphatic heterocycles. The Morgan fingerprint density at radius 1 is 1.19 bits per heavy atom. The lowest BCUT2D eigenvalue weighted by atomic mass is 9.97. The smallest absolute Gasteiger partial charge is 0.309 e. The van der Waals surface area contributed by atoms with Crippen LogP contribution in [0.5, 0.6) is 0 Å². The highest BCUT2D eigenvalue weighted by Crippen LogP contribution is 2.20. The molecule has 0 saturated carbocycles. The molecular formula is C13H27NO2. The number of hydrogen-bond donors (Lipinski definition) is 0. The lowest BCUT2D eigenvalue weighted by Gasteiger charge is -2.30. The fourth-order valence-corrected chi connectivity index (χ4v) is 1.63. The zero-order valence-electron chi connectivity index (χ0n) is 11.7. The van der Waals surface area contributed by atoms with Gasteiger partial charge < -0.3 is 9.64 Å². The summed E-state index contributed by atoms with van der Waals surface area (Å²) < 4.78 is 5.35. The van der Waals surface area contributed by atoms with Crippen molar-refractivity contribution in [1.82, 2.24) is 4.90 Å². The molecule has 0 atom stereocenters. The monoisotopic (exact) mass is 229 g/mol. The molecule has 1 aliphatic rings. The second-order valence-electron chi connectivity index (χ2n) is 5.11. The minimum Gasteiger partial charge on any atom is -0.460 e. The van der Waals surface area contributed by atoms with E-state index in [0.29, 0.717) is 0 Å². The van der Waals surface area contributed by atoms with Crippen LogP contribution < -0.4 is 0 Å². The molecule has 1 fully saturated rings. The lowest BCUT2D eigenvalue weighted by molar-refractivity contribution is -0.161. The number of nitrogens with zero attached hydrogens (tertiary/aromatic N) is 1. The molecular weight excluding hydrogens is 202 g/mol. The number of ether oxygens (including phenoxy) is 1. The molecule has 0 aromatic carbocycles. The number of hydrogen-bond acceptors (Lipinski definition) is 3. The van der Waals surface area contributed by atoms with Crippen molar-refractivity contribution in [3.8, 4) is 0 Å². The third kappa shape index (κ3) is 6.11. The maximum atomic E-state index is 11.7. The number of carbonyl (C=O) groups excluding carboxylic acids is 1. The third-order valence-electron chi connectivity index (χ3n) is 2.46. The van der Waals surface area contributed by atoms with Crippen molar-refractivity contribution < 1.29 is 9.53 Å². The van der Waals surface area contributed by atoms with Gasteiger partial charge in [-0.05, 0) is 53.8 Å². The Kier molecular flexibility index (Phi) is 6.65. The van der Waals surface area contributed by atoms with Gasteiger partial charge in [-0.2, -0.15) is 0 Å². The molecule has 0 aromatic heterocycles. The van der Waals surface area contributed by atoms with Crippen LogP contribution >= 0.6 is 0 Å². The molecule has 0 spiro atoms. The predicted molar refractivity (Wildman–Crippen MR) is 67.4 cm³/mol. The summed E-state index contributed by atoms with van der Waals surface area (Å²) in [5.74, 6) is 0.0935. The van der Waals surface area contributed by atoms with E-state index >= 15 is 0 Å².